The summed E-state index contributed by atoms with van der Waals surface area (Å²) in [6, 6.07) is 4.38. The Kier molecular flexibility index (Phi) is 2.90. The number of hydrogen-bond donors (Lipinski definition) is 2. The van der Waals surface area contributed by atoms with Crippen molar-refractivity contribution in [3.63, 3.8) is 0 Å². The van der Waals surface area contributed by atoms with Crippen molar-refractivity contribution >= 4 is 34.7 Å². The number of H-pyrrole nitrogens is 1. The SMILES string of the molecule is O=C(O)C1CSCN1C(=O)c1ccc2nc[nH]c2c1. The highest BCUT2D eigenvalue weighted by atomic mass is 32.2. The molecule has 1 aliphatic heterocycles. The van der Waals surface area contributed by atoms with Crippen LogP contribution in [0.3, 0.4) is 0 Å². The molecular weight excluding hydrogens is 266 g/mol. The second-order valence-corrected chi connectivity index (χ2v) is 5.26. The van der Waals surface area contributed by atoms with E-state index >= 15 is 0 Å². The van der Waals surface area contributed by atoms with E-state index in [1.807, 2.05) is 0 Å². The Balaban J connectivity index is 1.92. The van der Waals surface area contributed by atoms with Crippen LogP contribution in [0.25, 0.3) is 11.0 Å². The van der Waals surface area contributed by atoms with E-state index in [4.69, 9.17) is 5.11 Å². The number of carbonyl (C=O) groups is 2. The van der Waals surface area contributed by atoms with Gasteiger partial charge in [-0.1, -0.05) is 0 Å². The molecule has 1 aromatic heterocycles. The smallest absolute Gasteiger partial charge is 0.327 e. The van der Waals surface area contributed by atoms with Crippen LogP contribution in [0.2, 0.25) is 0 Å². The Morgan fingerprint density at radius 3 is 3.11 bits per heavy atom. The van der Waals surface area contributed by atoms with Crippen LogP contribution in [0.15, 0.2) is 24.5 Å². The number of imidazole rings is 1. The number of carboxylic acids is 1. The Hall–Kier alpha value is -2.02. The molecule has 2 heterocycles. The Bertz CT molecular complexity index is 654. The van der Waals surface area contributed by atoms with Crippen LogP contribution < -0.4 is 0 Å². The topological polar surface area (TPSA) is 86.3 Å². The zero-order valence-corrected chi connectivity index (χ0v) is 10.7. The van der Waals surface area contributed by atoms with Gasteiger partial charge < -0.3 is 15.0 Å². The molecule has 0 bridgehead atoms. The quantitative estimate of drug-likeness (QED) is 0.860. The first-order valence-corrected chi connectivity index (χ1v) is 6.87. The van der Waals surface area contributed by atoms with E-state index in [9.17, 15) is 9.59 Å². The second-order valence-electron chi connectivity index (χ2n) is 4.26. The minimum Gasteiger partial charge on any atom is -0.480 e. The molecule has 1 aromatic carbocycles. The number of thioether (sulfide) groups is 1. The number of hydrogen-bond acceptors (Lipinski definition) is 4. The molecule has 2 N–H and O–H groups in total. The number of aromatic amines is 1. The average Bonchev–Trinajstić information content (AvgIpc) is 3.05. The number of nitrogens with one attached hydrogen (secondary N) is 1. The summed E-state index contributed by atoms with van der Waals surface area (Å²) >= 11 is 1.45. The maximum Gasteiger partial charge on any atom is 0.327 e. The molecule has 6 nitrogen and oxygen atoms in total. The average molecular weight is 277 g/mol. The molecule has 7 heteroatoms. The summed E-state index contributed by atoms with van der Waals surface area (Å²) in [7, 11) is 0. The van der Waals surface area contributed by atoms with Gasteiger partial charge in [-0.05, 0) is 18.2 Å². The highest BCUT2D eigenvalue weighted by Crippen LogP contribution is 2.24. The van der Waals surface area contributed by atoms with Crippen molar-refractivity contribution in [1.82, 2.24) is 14.9 Å². The third-order valence-corrected chi connectivity index (χ3v) is 4.11. The number of carboxylic acid groups (broad SMARTS) is 1. The molecule has 1 atom stereocenters. The summed E-state index contributed by atoms with van der Waals surface area (Å²) in [6.45, 7) is 0. The number of fused-ring (bicyclic) bond motifs is 1. The second kappa shape index (κ2) is 4.58. The van der Waals surface area contributed by atoms with Gasteiger partial charge in [0.2, 0.25) is 0 Å². The van der Waals surface area contributed by atoms with Gasteiger partial charge in [-0.3, -0.25) is 4.79 Å². The molecule has 1 amide bonds. The van der Waals surface area contributed by atoms with Gasteiger partial charge in [-0.15, -0.1) is 11.8 Å². The van der Waals surface area contributed by atoms with Crippen LogP contribution in [-0.2, 0) is 4.79 Å². The van der Waals surface area contributed by atoms with E-state index in [2.05, 4.69) is 9.97 Å². The lowest BCUT2D eigenvalue weighted by Gasteiger charge is -2.20. The highest BCUT2D eigenvalue weighted by molar-refractivity contribution is 7.99. The standard InChI is InChI=1S/C12H11N3O3S/c16-11(15-6-19-4-10(15)12(17)18)7-1-2-8-9(3-7)14-5-13-8/h1-3,5,10H,4,6H2,(H,13,14)(H,17,18). The number of benzene rings is 1. The van der Waals surface area contributed by atoms with E-state index in [1.54, 1.807) is 24.5 Å². The lowest BCUT2D eigenvalue weighted by atomic mass is 10.1. The van der Waals surface area contributed by atoms with Crippen molar-refractivity contribution in [3.8, 4) is 0 Å². The van der Waals surface area contributed by atoms with Crippen molar-refractivity contribution in [1.29, 1.82) is 0 Å². The van der Waals surface area contributed by atoms with Gasteiger partial charge in [0.05, 0.1) is 23.2 Å². The number of nitrogens with zero attached hydrogens (tertiary/aromatic N) is 2. The van der Waals surface area contributed by atoms with Crippen LogP contribution in [-0.4, -0.2) is 49.5 Å². The maximum absolute atomic E-state index is 12.3. The Morgan fingerprint density at radius 1 is 1.47 bits per heavy atom. The summed E-state index contributed by atoms with van der Waals surface area (Å²) in [5.74, 6) is -0.362. The number of aliphatic carboxylic acids is 1. The lowest BCUT2D eigenvalue weighted by Crippen LogP contribution is -2.41. The summed E-state index contributed by atoms with van der Waals surface area (Å²) in [5, 5.41) is 9.09. The van der Waals surface area contributed by atoms with Crippen LogP contribution in [0, 0.1) is 0 Å². The molecule has 0 radical (unpaired) electrons. The molecule has 1 fully saturated rings. The first-order valence-electron chi connectivity index (χ1n) is 5.71. The number of amides is 1. The monoisotopic (exact) mass is 277 g/mol. The minimum absolute atomic E-state index is 0.256. The first kappa shape index (κ1) is 12.0. The normalized spacial score (nSPS) is 18.9. The fourth-order valence-corrected chi connectivity index (χ4v) is 3.23. The van der Waals surface area contributed by atoms with Gasteiger partial charge in [-0.2, -0.15) is 0 Å². The molecule has 1 unspecified atom stereocenters. The number of rotatable bonds is 2. The predicted octanol–water partition coefficient (Wildman–Crippen LogP) is 1.16. The predicted molar refractivity (Wildman–Crippen MR) is 71.0 cm³/mol. The van der Waals surface area contributed by atoms with Gasteiger partial charge >= 0.3 is 5.97 Å². The Morgan fingerprint density at radius 2 is 2.32 bits per heavy atom. The van der Waals surface area contributed by atoms with E-state index in [-0.39, 0.29) is 5.91 Å². The zero-order valence-electron chi connectivity index (χ0n) is 9.87. The molecular formula is C12H11N3O3S. The summed E-state index contributed by atoms with van der Waals surface area (Å²) in [4.78, 5) is 31.8. The van der Waals surface area contributed by atoms with E-state index in [0.717, 1.165) is 11.0 Å². The van der Waals surface area contributed by atoms with Crippen LogP contribution in [0.1, 0.15) is 10.4 Å². The van der Waals surface area contributed by atoms with Crippen molar-refractivity contribution in [3.05, 3.63) is 30.1 Å². The van der Waals surface area contributed by atoms with Gasteiger partial charge in [0, 0.05) is 11.3 Å². The number of carbonyl (C=O) groups excluding carboxylic acids is 1. The lowest BCUT2D eigenvalue weighted by molar-refractivity contribution is -0.140. The molecule has 0 spiro atoms. The molecule has 3 rings (SSSR count). The molecule has 1 saturated heterocycles. The van der Waals surface area contributed by atoms with Crippen molar-refractivity contribution in [2.45, 2.75) is 6.04 Å². The van der Waals surface area contributed by atoms with Crippen molar-refractivity contribution < 1.29 is 14.7 Å². The van der Waals surface area contributed by atoms with Gasteiger partial charge in [0.15, 0.2) is 0 Å². The minimum atomic E-state index is -0.957. The Labute approximate surface area is 112 Å². The van der Waals surface area contributed by atoms with Crippen molar-refractivity contribution in [2.24, 2.45) is 0 Å². The summed E-state index contributed by atoms with van der Waals surface area (Å²) in [6.07, 6.45) is 1.56. The molecule has 98 valence electrons. The highest BCUT2D eigenvalue weighted by Gasteiger charge is 2.35. The third kappa shape index (κ3) is 2.06. The zero-order chi connectivity index (χ0) is 13.4. The molecule has 19 heavy (non-hydrogen) atoms. The fourth-order valence-electron chi connectivity index (χ4n) is 2.08. The van der Waals surface area contributed by atoms with Gasteiger partial charge in [0.25, 0.3) is 5.91 Å². The summed E-state index contributed by atoms with van der Waals surface area (Å²) in [5.41, 5.74) is 2.03. The van der Waals surface area contributed by atoms with Gasteiger partial charge in [-0.25, -0.2) is 9.78 Å². The largest absolute Gasteiger partial charge is 0.480 e. The van der Waals surface area contributed by atoms with E-state index < -0.39 is 12.0 Å². The van der Waals surface area contributed by atoms with Crippen molar-refractivity contribution in [2.75, 3.05) is 11.6 Å². The molecule has 1 aliphatic rings. The van der Waals surface area contributed by atoms with Gasteiger partial charge in [0.1, 0.15) is 6.04 Å². The first-order chi connectivity index (χ1) is 9.16. The van der Waals surface area contributed by atoms with Crippen LogP contribution in [0.4, 0.5) is 0 Å². The maximum atomic E-state index is 12.3. The molecule has 0 saturated carbocycles. The fraction of sp³-hybridized carbons (Fsp3) is 0.250. The number of aromatic nitrogens is 2. The van der Waals surface area contributed by atoms with E-state index in [1.165, 1.54) is 16.7 Å². The molecule has 0 aliphatic carbocycles. The van der Waals surface area contributed by atoms with E-state index in [0.29, 0.717) is 17.2 Å². The van der Waals surface area contributed by atoms with Crippen LogP contribution in [0.5, 0.6) is 0 Å². The molecule has 2 aromatic rings. The third-order valence-electron chi connectivity index (χ3n) is 3.10. The summed E-state index contributed by atoms with van der Waals surface area (Å²) < 4.78 is 0. The van der Waals surface area contributed by atoms with Crippen LogP contribution >= 0.6 is 11.8 Å².